The van der Waals surface area contributed by atoms with Crippen molar-refractivity contribution in [2.24, 2.45) is 0 Å². The maximum atomic E-state index is 15.3. The summed E-state index contributed by atoms with van der Waals surface area (Å²) in [6, 6.07) is 17.3. The minimum atomic E-state index is -0.00632. The average Bonchev–Trinajstić information content (AvgIpc) is 2.71. The zero-order valence-corrected chi connectivity index (χ0v) is 16.5. The molecule has 1 aliphatic carbocycles. The normalized spacial score (nSPS) is 16.5. The molecular formula is C26H29F. The summed E-state index contributed by atoms with van der Waals surface area (Å²) in [5.41, 5.74) is 6.48. The third-order valence-corrected chi connectivity index (χ3v) is 6.21. The predicted octanol–water partition coefficient (Wildman–Crippen LogP) is 7.16. The molecule has 0 heterocycles. The first-order valence-corrected chi connectivity index (χ1v) is 10.5. The summed E-state index contributed by atoms with van der Waals surface area (Å²) in [5.74, 6) is 0.280. The second-order valence-electron chi connectivity index (χ2n) is 8.02. The molecule has 0 aromatic heterocycles. The van der Waals surface area contributed by atoms with E-state index in [2.05, 4.69) is 50.2 Å². The molecule has 0 spiro atoms. The van der Waals surface area contributed by atoms with Gasteiger partial charge in [-0.1, -0.05) is 68.8 Å². The first-order chi connectivity index (χ1) is 13.2. The Labute approximate surface area is 162 Å². The van der Waals surface area contributed by atoms with Gasteiger partial charge in [-0.2, -0.15) is 0 Å². The van der Waals surface area contributed by atoms with Gasteiger partial charge in [0.15, 0.2) is 0 Å². The van der Waals surface area contributed by atoms with Crippen molar-refractivity contribution in [3.63, 3.8) is 0 Å². The van der Waals surface area contributed by atoms with E-state index in [4.69, 9.17) is 0 Å². The fraction of sp³-hybridized carbons (Fsp3) is 0.385. The molecule has 4 rings (SSSR count). The molecule has 1 aliphatic rings. The highest BCUT2D eigenvalue weighted by atomic mass is 19.1. The van der Waals surface area contributed by atoms with Crippen molar-refractivity contribution in [2.45, 2.75) is 64.7 Å². The minimum Gasteiger partial charge on any atom is -0.206 e. The quantitative estimate of drug-likeness (QED) is 0.453. The third-order valence-electron chi connectivity index (χ3n) is 6.21. The van der Waals surface area contributed by atoms with Gasteiger partial charge in [0.05, 0.1) is 0 Å². The van der Waals surface area contributed by atoms with E-state index in [-0.39, 0.29) is 11.7 Å². The third kappa shape index (κ3) is 3.65. The van der Waals surface area contributed by atoms with Gasteiger partial charge in [-0.05, 0) is 77.6 Å². The first kappa shape index (κ1) is 18.2. The number of unbranched alkanes of at least 4 members (excludes halogenated alkanes) is 1. The molecule has 0 saturated carbocycles. The molecule has 0 N–H and O–H groups in total. The fourth-order valence-corrected chi connectivity index (χ4v) is 4.50. The standard InChI is InChI=1S/C26H29F/c1-3-5-6-19-8-13-24-22(16-19)12-14-25(26(24)27)23-11-10-20-15-18(4-2)7-9-21(20)17-23/h7-9,12-16,23H,3-6,10-11,17H2,1-2H3. The molecule has 0 bridgehead atoms. The van der Waals surface area contributed by atoms with Gasteiger partial charge >= 0.3 is 0 Å². The van der Waals surface area contributed by atoms with E-state index in [1.165, 1.54) is 35.1 Å². The van der Waals surface area contributed by atoms with Gasteiger partial charge in [0.25, 0.3) is 0 Å². The van der Waals surface area contributed by atoms with Gasteiger partial charge in [-0.15, -0.1) is 0 Å². The van der Waals surface area contributed by atoms with Crippen LogP contribution in [-0.4, -0.2) is 0 Å². The summed E-state index contributed by atoms with van der Waals surface area (Å²) in [4.78, 5) is 0. The second-order valence-corrected chi connectivity index (χ2v) is 8.02. The molecule has 3 aromatic carbocycles. The number of hydrogen-bond donors (Lipinski definition) is 0. The van der Waals surface area contributed by atoms with Crippen molar-refractivity contribution in [3.05, 3.63) is 82.2 Å². The van der Waals surface area contributed by atoms with Gasteiger partial charge in [0.1, 0.15) is 5.82 Å². The van der Waals surface area contributed by atoms with Crippen molar-refractivity contribution in [2.75, 3.05) is 0 Å². The molecular weight excluding hydrogens is 331 g/mol. The van der Waals surface area contributed by atoms with Crippen LogP contribution < -0.4 is 0 Å². The van der Waals surface area contributed by atoms with Gasteiger partial charge in [-0.25, -0.2) is 4.39 Å². The molecule has 1 unspecified atom stereocenters. The summed E-state index contributed by atoms with van der Waals surface area (Å²) >= 11 is 0. The van der Waals surface area contributed by atoms with Crippen LogP contribution in [0.2, 0.25) is 0 Å². The Morgan fingerprint density at radius 2 is 1.78 bits per heavy atom. The Balaban J connectivity index is 1.62. The van der Waals surface area contributed by atoms with E-state index in [0.29, 0.717) is 0 Å². The van der Waals surface area contributed by atoms with Crippen LogP contribution in [0.3, 0.4) is 0 Å². The second kappa shape index (κ2) is 7.84. The van der Waals surface area contributed by atoms with Crippen molar-refractivity contribution in [3.8, 4) is 0 Å². The molecule has 1 atom stereocenters. The van der Waals surface area contributed by atoms with Crippen LogP contribution in [-0.2, 0) is 25.7 Å². The highest BCUT2D eigenvalue weighted by Crippen LogP contribution is 2.36. The van der Waals surface area contributed by atoms with Crippen molar-refractivity contribution in [1.29, 1.82) is 0 Å². The predicted molar refractivity (Wildman–Crippen MR) is 113 cm³/mol. The molecule has 27 heavy (non-hydrogen) atoms. The average molecular weight is 361 g/mol. The smallest absolute Gasteiger partial charge is 0.134 e. The van der Waals surface area contributed by atoms with Crippen LogP contribution in [0, 0.1) is 5.82 Å². The van der Waals surface area contributed by atoms with Gasteiger partial charge in [0, 0.05) is 5.39 Å². The lowest BCUT2D eigenvalue weighted by Crippen LogP contribution is -2.14. The molecule has 3 aromatic rings. The molecule has 0 nitrogen and oxygen atoms in total. The molecule has 140 valence electrons. The van der Waals surface area contributed by atoms with Crippen LogP contribution in [0.5, 0.6) is 0 Å². The van der Waals surface area contributed by atoms with Gasteiger partial charge in [0.2, 0.25) is 0 Å². The molecule has 0 fully saturated rings. The van der Waals surface area contributed by atoms with E-state index in [1.54, 1.807) is 0 Å². The van der Waals surface area contributed by atoms with E-state index in [9.17, 15) is 0 Å². The summed E-state index contributed by atoms with van der Waals surface area (Å²) in [5, 5.41) is 1.81. The maximum Gasteiger partial charge on any atom is 0.134 e. The highest BCUT2D eigenvalue weighted by molar-refractivity contribution is 5.84. The van der Waals surface area contributed by atoms with Crippen molar-refractivity contribution >= 4 is 10.8 Å². The first-order valence-electron chi connectivity index (χ1n) is 10.5. The number of benzene rings is 3. The number of hydrogen-bond acceptors (Lipinski definition) is 0. The Morgan fingerprint density at radius 3 is 2.59 bits per heavy atom. The van der Waals surface area contributed by atoms with Gasteiger partial charge in [-0.3, -0.25) is 0 Å². The summed E-state index contributed by atoms with van der Waals surface area (Å²) in [6.07, 6.45) is 7.58. The lowest BCUT2D eigenvalue weighted by atomic mass is 9.79. The molecule has 0 aliphatic heterocycles. The van der Waals surface area contributed by atoms with Crippen LogP contribution in [0.1, 0.15) is 66.8 Å². The van der Waals surface area contributed by atoms with E-state index >= 15 is 4.39 Å². The molecule has 0 amide bonds. The Morgan fingerprint density at radius 1 is 0.926 bits per heavy atom. The topological polar surface area (TPSA) is 0 Å². The van der Waals surface area contributed by atoms with Crippen LogP contribution >= 0.6 is 0 Å². The zero-order chi connectivity index (χ0) is 18.8. The van der Waals surface area contributed by atoms with Crippen LogP contribution in [0.25, 0.3) is 10.8 Å². The van der Waals surface area contributed by atoms with Crippen LogP contribution in [0.15, 0.2) is 48.5 Å². The molecule has 0 saturated heterocycles. The van der Waals surface area contributed by atoms with E-state index < -0.39 is 0 Å². The number of aryl methyl sites for hydroxylation is 3. The summed E-state index contributed by atoms with van der Waals surface area (Å²) in [7, 11) is 0. The molecule has 0 radical (unpaired) electrons. The zero-order valence-electron chi connectivity index (χ0n) is 16.5. The van der Waals surface area contributed by atoms with Crippen molar-refractivity contribution < 1.29 is 4.39 Å². The molecule has 1 heteroatoms. The van der Waals surface area contributed by atoms with E-state index in [0.717, 1.165) is 48.4 Å². The minimum absolute atomic E-state index is 0.00632. The summed E-state index contributed by atoms with van der Waals surface area (Å²) < 4.78 is 15.3. The lowest BCUT2D eigenvalue weighted by Gasteiger charge is -2.26. The highest BCUT2D eigenvalue weighted by Gasteiger charge is 2.23. The monoisotopic (exact) mass is 360 g/mol. The fourth-order valence-electron chi connectivity index (χ4n) is 4.50. The van der Waals surface area contributed by atoms with Crippen LogP contribution in [0.4, 0.5) is 4.39 Å². The van der Waals surface area contributed by atoms with E-state index in [1.807, 2.05) is 12.1 Å². The Kier molecular flexibility index (Phi) is 5.29. The lowest BCUT2D eigenvalue weighted by molar-refractivity contribution is 0.539. The SMILES string of the molecule is CCCCc1ccc2c(F)c(C3CCc4cc(CC)ccc4C3)ccc2c1. The maximum absolute atomic E-state index is 15.3. The largest absolute Gasteiger partial charge is 0.206 e. The summed E-state index contributed by atoms with van der Waals surface area (Å²) in [6.45, 7) is 4.41. The Hall–Kier alpha value is -2.15. The Bertz CT molecular complexity index is 954. The number of rotatable bonds is 5. The van der Waals surface area contributed by atoms with Crippen molar-refractivity contribution in [1.82, 2.24) is 0 Å². The van der Waals surface area contributed by atoms with Gasteiger partial charge < -0.3 is 0 Å². The number of halogens is 1. The number of fused-ring (bicyclic) bond motifs is 2.